The molecule has 1 atom stereocenters. The molecule has 0 fully saturated rings. The van der Waals surface area contributed by atoms with Crippen LogP contribution in [0.3, 0.4) is 0 Å². The van der Waals surface area contributed by atoms with Gasteiger partial charge in [-0.05, 0) is 83.5 Å². The van der Waals surface area contributed by atoms with E-state index in [4.69, 9.17) is 25.4 Å². The van der Waals surface area contributed by atoms with Crippen molar-refractivity contribution in [1.29, 1.82) is 5.41 Å². The van der Waals surface area contributed by atoms with Crippen molar-refractivity contribution in [2.75, 3.05) is 25.1 Å². The Balaban J connectivity index is 1.83. The summed E-state index contributed by atoms with van der Waals surface area (Å²) in [4.78, 5) is 13.1. The summed E-state index contributed by atoms with van der Waals surface area (Å²) in [5.74, 6) is 0.244. The van der Waals surface area contributed by atoms with Crippen LogP contribution in [0, 0.1) is 8.98 Å². The number of benzene rings is 3. The van der Waals surface area contributed by atoms with Gasteiger partial charge in [-0.25, -0.2) is 4.79 Å². The molecule has 36 heavy (non-hydrogen) atoms. The van der Waals surface area contributed by atoms with Gasteiger partial charge in [0.1, 0.15) is 18.2 Å². The lowest BCUT2D eigenvalue weighted by atomic mass is 10.00. The monoisotopic (exact) mass is 601 g/mol. The highest BCUT2D eigenvalue weighted by molar-refractivity contribution is 14.1. The summed E-state index contributed by atoms with van der Waals surface area (Å²) in [7, 11) is 0. The van der Waals surface area contributed by atoms with Crippen molar-refractivity contribution in [3.8, 4) is 5.75 Å². The van der Waals surface area contributed by atoms with E-state index < -0.39 is 12.0 Å². The number of hydrogen-bond acceptors (Lipinski definition) is 6. The van der Waals surface area contributed by atoms with Crippen LogP contribution in [0.1, 0.15) is 42.1 Å². The maximum absolute atomic E-state index is 13.1. The van der Waals surface area contributed by atoms with E-state index in [1.165, 1.54) is 0 Å². The number of esters is 1. The molecule has 190 valence electrons. The summed E-state index contributed by atoms with van der Waals surface area (Å²) in [6.45, 7) is 5.36. The average Bonchev–Trinajstić information content (AvgIpc) is 2.88. The summed E-state index contributed by atoms with van der Waals surface area (Å²) < 4.78 is 18.4. The molecule has 0 saturated carbocycles. The van der Waals surface area contributed by atoms with Crippen LogP contribution in [-0.4, -0.2) is 31.6 Å². The fraction of sp³-hybridized carbons (Fsp3) is 0.286. The zero-order valence-electron chi connectivity index (χ0n) is 20.6. The van der Waals surface area contributed by atoms with Crippen LogP contribution < -0.4 is 15.8 Å². The Hall–Kier alpha value is -3.11. The molecular weight excluding hydrogens is 569 g/mol. The standard InChI is InChI=1S/C28H32IN3O4/c1-3-20-16-22(29)17-24(26(20)36-15-14-34-18-19-8-6-5-7-9-19)25(28(33)35-4-2)32-23-12-10-21(11-13-23)27(30)31/h5-13,16-17,25,32H,3-4,14-15,18H2,1-2H3,(H3,30,31). The predicted octanol–water partition coefficient (Wildman–Crippen LogP) is 5.45. The van der Waals surface area contributed by atoms with Crippen LogP contribution in [0.2, 0.25) is 0 Å². The van der Waals surface area contributed by atoms with Crippen molar-refractivity contribution in [3.05, 3.63) is 92.6 Å². The first kappa shape index (κ1) is 27.5. The molecule has 3 aromatic carbocycles. The van der Waals surface area contributed by atoms with Gasteiger partial charge in [-0.3, -0.25) is 5.41 Å². The van der Waals surface area contributed by atoms with Gasteiger partial charge in [-0.15, -0.1) is 0 Å². The fourth-order valence-corrected chi connectivity index (χ4v) is 4.41. The minimum Gasteiger partial charge on any atom is -0.491 e. The molecular formula is C28H32IN3O4. The molecule has 0 aromatic heterocycles. The summed E-state index contributed by atoms with van der Waals surface area (Å²) in [5, 5.41) is 10.9. The van der Waals surface area contributed by atoms with Crippen LogP contribution in [0.5, 0.6) is 5.75 Å². The molecule has 4 N–H and O–H groups in total. The number of anilines is 1. The normalized spacial score (nSPS) is 11.5. The highest BCUT2D eigenvalue weighted by Gasteiger charge is 2.27. The SMILES string of the molecule is CCOC(=O)C(Nc1ccc(C(=N)N)cc1)c1cc(I)cc(CC)c1OCCOCc1ccccc1. The highest BCUT2D eigenvalue weighted by Crippen LogP contribution is 2.35. The molecule has 0 radical (unpaired) electrons. The van der Waals surface area contributed by atoms with Crippen molar-refractivity contribution >= 4 is 40.1 Å². The Morgan fingerprint density at radius 1 is 1.06 bits per heavy atom. The number of hydrogen-bond donors (Lipinski definition) is 3. The van der Waals surface area contributed by atoms with Crippen LogP contribution in [-0.2, 0) is 27.3 Å². The van der Waals surface area contributed by atoms with Gasteiger partial charge in [0, 0.05) is 20.4 Å². The van der Waals surface area contributed by atoms with Crippen molar-refractivity contribution in [1.82, 2.24) is 0 Å². The lowest BCUT2D eigenvalue weighted by Crippen LogP contribution is -2.25. The van der Waals surface area contributed by atoms with Crippen molar-refractivity contribution < 1.29 is 19.0 Å². The Bertz CT molecular complexity index is 1150. The van der Waals surface area contributed by atoms with Gasteiger partial charge in [0.2, 0.25) is 0 Å². The van der Waals surface area contributed by atoms with E-state index in [9.17, 15) is 4.79 Å². The fourth-order valence-electron chi connectivity index (χ4n) is 3.70. The smallest absolute Gasteiger partial charge is 0.333 e. The number of nitrogens with two attached hydrogens (primary N) is 1. The largest absolute Gasteiger partial charge is 0.491 e. The highest BCUT2D eigenvalue weighted by atomic mass is 127. The van der Waals surface area contributed by atoms with Gasteiger partial charge in [-0.2, -0.15) is 0 Å². The van der Waals surface area contributed by atoms with E-state index in [2.05, 4.69) is 40.9 Å². The van der Waals surface area contributed by atoms with Gasteiger partial charge in [0.05, 0.1) is 19.8 Å². The molecule has 0 heterocycles. The quantitative estimate of drug-likeness (QED) is 0.0792. The van der Waals surface area contributed by atoms with Gasteiger partial charge in [-0.1, -0.05) is 37.3 Å². The Labute approximate surface area is 226 Å². The molecule has 8 heteroatoms. The number of carbonyl (C=O) groups excluding carboxylic acids is 1. The Morgan fingerprint density at radius 2 is 1.78 bits per heavy atom. The number of carbonyl (C=O) groups is 1. The zero-order chi connectivity index (χ0) is 25.9. The van der Waals surface area contributed by atoms with E-state index in [1.54, 1.807) is 31.2 Å². The molecule has 0 bridgehead atoms. The Morgan fingerprint density at radius 3 is 2.42 bits per heavy atom. The maximum atomic E-state index is 13.1. The minimum atomic E-state index is -0.784. The third-order valence-corrected chi connectivity index (χ3v) is 6.09. The average molecular weight is 601 g/mol. The topological polar surface area (TPSA) is 107 Å². The number of amidine groups is 1. The molecule has 0 saturated heterocycles. The number of nitrogen functional groups attached to an aromatic ring is 1. The van der Waals surface area contributed by atoms with Crippen molar-refractivity contribution in [3.63, 3.8) is 0 Å². The number of halogens is 1. The number of ether oxygens (including phenoxy) is 3. The number of rotatable bonds is 13. The maximum Gasteiger partial charge on any atom is 0.333 e. The van der Waals surface area contributed by atoms with Crippen LogP contribution in [0.4, 0.5) is 5.69 Å². The molecule has 3 rings (SSSR count). The first-order valence-corrected chi connectivity index (χ1v) is 12.9. The second kappa shape index (κ2) is 13.8. The summed E-state index contributed by atoms with van der Waals surface area (Å²) in [6, 6.07) is 20.3. The summed E-state index contributed by atoms with van der Waals surface area (Å²) >= 11 is 2.25. The second-order valence-corrected chi connectivity index (χ2v) is 9.29. The molecule has 0 spiro atoms. The van der Waals surface area contributed by atoms with Crippen molar-refractivity contribution in [2.24, 2.45) is 5.73 Å². The summed E-state index contributed by atoms with van der Waals surface area (Å²) in [6.07, 6.45) is 0.743. The van der Waals surface area contributed by atoms with E-state index in [0.717, 1.165) is 21.1 Å². The van der Waals surface area contributed by atoms with E-state index in [-0.39, 0.29) is 12.4 Å². The third kappa shape index (κ3) is 7.69. The molecule has 1 unspecified atom stereocenters. The molecule has 0 aliphatic heterocycles. The molecule has 0 amide bonds. The van der Waals surface area contributed by atoms with E-state index in [1.807, 2.05) is 36.4 Å². The van der Waals surface area contributed by atoms with Gasteiger partial charge < -0.3 is 25.3 Å². The second-order valence-electron chi connectivity index (χ2n) is 8.04. The van der Waals surface area contributed by atoms with Crippen LogP contribution in [0.25, 0.3) is 0 Å². The lowest BCUT2D eigenvalue weighted by molar-refractivity contribution is -0.144. The molecule has 0 aliphatic rings. The first-order valence-electron chi connectivity index (χ1n) is 11.9. The lowest BCUT2D eigenvalue weighted by Gasteiger charge is -2.24. The predicted molar refractivity (Wildman–Crippen MR) is 151 cm³/mol. The molecule has 3 aromatic rings. The van der Waals surface area contributed by atoms with E-state index in [0.29, 0.717) is 42.4 Å². The zero-order valence-corrected chi connectivity index (χ0v) is 22.7. The van der Waals surface area contributed by atoms with Crippen LogP contribution in [0.15, 0.2) is 66.7 Å². The number of nitrogens with one attached hydrogen (secondary N) is 2. The van der Waals surface area contributed by atoms with Gasteiger partial charge >= 0.3 is 5.97 Å². The third-order valence-electron chi connectivity index (χ3n) is 5.47. The van der Waals surface area contributed by atoms with E-state index >= 15 is 0 Å². The first-order chi connectivity index (χ1) is 17.4. The summed E-state index contributed by atoms with van der Waals surface area (Å²) in [5.41, 5.74) is 9.69. The van der Waals surface area contributed by atoms with Gasteiger partial charge in [0.15, 0.2) is 6.04 Å². The van der Waals surface area contributed by atoms with Crippen LogP contribution >= 0.6 is 22.6 Å². The minimum absolute atomic E-state index is 0.0149. The molecule has 7 nitrogen and oxygen atoms in total. The molecule has 0 aliphatic carbocycles. The Kier molecular flexibility index (Phi) is 10.6. The number of aryl methyl sites for hydroxylation is 1. The van der Waals surface area contributed by atoms with Crippen molar-refractivity contribution in [2.45, 2.75) is 32.9 Å². The van der Waals surface area contributed by atoms with Gasteiger partial charge in [0.25, 0.3) is 0 Å².